The number of ether oxygens (including phenoxy) is 1. The minimum Gasteiger partial charge on any atom is -0.494 e. The van der Waals surface area contributed by atoms with Crippen molar-refractivity contribution in [2.24, 2.45) is 0 Å². The van der Waals surface area contributed by atoms with E-state index in [1.54, 1.807) is 0 Å². The average molecular weight is 364 g/mol. The summed E-state index contributed by atoms with van der Waals surface area (Å²) in [5.41, 5.74) is -1.06. The minimum absolute atomic E-state index is 0.0394. The molecule has 1 N–H and O–H groups in total. The van der Waals surface area contributed by atoms with Gasteiger partial charge in [-0.25, -0.2) is 18.0 Å². The van der Waals surface area contributed by atoms with Crippen LogP contribution in [-0.4, -0.2) is 23.9 Å². The molecule has 1 heterocycles. The number of carbonyl (C=O) groups excluding carboxylic acids is 2. The van der Waals surface area contributed by atoms with Gasteiger partial charge in [-0.2, -0.15) is 0 Å². The van der Waals surface area contributed by atoms with Gasteiger partial charge >= 0.3 is 6.03 Å². The Bertz CT molecular complexity index is 903. The van der Waals surface area contributed by atoms with Crippen molar-refractivity contribution in [3.05, 3.63) is 65.0 Å². The maximum atomic E-state index is 13.8. The fourth-order valence-corrected chi connectivity index (χ4v) is 2.83. The second kappa shape index (κ2) is 6.36. The summed E-state index contributed by atoms with van der Waals surface area (Å²) in [6.07, 6.45) is 0. The van der Waals surface area contributed by atoms with E-state index < -0.39 is 34.9 Å². The van der Waals surface area contributed by atoms with Gasteiger partial charge < -0.3 is 10.1 Å². The standard InChI is InChI=1S/C18H15F3N2O3/c1-18(11-4-5-12(19)13(20)8-11)16(24)23(17(25)22-18)9-10-3-6-15(26-2)14(21)7-10/h3-8H,9H2,1-2H3,(H,22,25)/t18-/m1/s1. The average Bonchev–Trinajstić information content (AvgIpc) is 2.81. The number of hydrogen-bond acceptors (Lipinski definition) is 3. The topological polar surface area (TPSA) is 58.6 Å². The van der Waals surface area contributed by atoms with Gasteiger partial charge in [0.2, 0.25) is 0 Å². The number of hydrogen-bond donors (Lipinski definition) is 1. The lowest BCUT2D eigenvalue weighted by molar-refractivity contribution is -0.131. The van der Waals surface area contributed by atoms with Crippen molar-refractivity contribution in [2.75, 3.05) is 7.11 Å². The zero-order valence-electron chi connectivity index (χ0n) is 14.0. The molecule has 1 atom stereocenters. The third kappa shape index (κ3) is 2.87. The number of rotatable bonds is 4. The van der Waals surface area contributed by atoms with Crippen molar-refractivity contribution in [3.8, 4) is 5.75 Å². The summed E-state index contributed by atoms with van der Waals surface area (Å²) in [7, 11) is 1.32. The number of nitrogens with zero attached hydrogens (tertiary/aromatic N) is 1. The Hall–Kier alpha value is -3.03. The highest BCUT2D eigenvalue weighted by atomic mass is 19.2. The summed E-state index contributed by atoms with van der Waals surface area (Å²) in [6, 6.07) is 6.34. The molecule has 1 fully saturated rings. The van der Waals surface area contributed by atoms with Gasteiger partial charge in [0.25, 0.3) is 5.91 Å². The first kappa shape index (κ1) is 17.8. The van der Waals surface area contributed by atoms with Gasteiger partial charge in [0.15, 0.2) is 23.2 Å². The summed E-state index contributed by atoms with van der Waals surface area (Å²) >= 11 is 0. The molecule has 0 unspecified atom stereocenters. The van der Waals surface area contributed by atoms with Crippen LogP contribution in [0.3, 0.4) is 0 Å². The van der Waals surface area contributed by atoms with Gasteiger partial charge in [0.1, 0.15) is 5.54 Å². The van der Waals surface area contributed by atoms with E-state index in [2.05, 4.69) is 5.32 Å². The second-order valence-corrected chi connectivity index (χ2v) is 6.04. The monoisotopic (exact) mass is 364 g/mol. The van der Waals surface area contributed by atoms with Crippen LogP contribution in [0.5, 0.6) is 5.75 Å². The third-order valence-corrected chi connectivity index (χ3v) is 4.33. The highest BCUT2D eigenvalue weighted by Crippen LogP contribution is 2.31. The van der Waals surface area contributed by atoms with Crippen molar-refractivity contribution in [1.82, 2.24) is 10.2 Å². The molecule has 5 nitrogen and oxygen atoms in total. The largest absolute Gasteiger partial charge is 0.494 e. The molecule has 3 amide bonds. The number of methoxy groups -OCH3 is 1. The van der Waals surface area contributed by atoms with Gasteiger partial charge in [-0.15, -0.1) is 0 Å². The van der Waals surface area contributed by atoms with Crippen molar-refractivity contribution < 1.29 is 27.5 Å². The molecule has 3 rings (SSSR count). The van der Waals surface area contributed by atoms with Crippen LogP contribution >= 0.6 is 0 Å². The van der Waals surface area contributed by atoms with E-state index in [-0.39, 0.29) is 17.9 Å². The van der Waals surface area contributed by atoms with Crippen molar-refractivity contribution in [1.29, 1.82) is 0 Å². The number of imide groups is 1. The summed E-state index contributed by atoms with van der Waals surface area (Å²) in [5, 5.41) is 2.48. The first-order valence-corrected chi connectivity index (χ1v) is 7.68. The van der Waals surface area contributed by atoms with Crippen LogP contribution in [0.25, 0.3) is 0 Å². The maximum Gasteiger partial charge on any atom is 0.325 e. The Labute approximate surface area is 147 Å². The molecule has 0 radical (unpaired) electrons. The number of nitrogens with one attached hydrogen (secondary N) is 1. The van der Waals surface area contributed by atoms with E-state index in [1.807, 2.05) is 0 Å². The Morgan fingerprint density at radius 2 is 1.77 bits per heavy atom. The number of urea groups is 1. The molecule has 2 aromatic carbocycles. The predicted molar refractivity (Wildman–Crippen MR) is 85.7 cm³/mol. The van der Waals surface area contributed by atoms with Crippen LogP contribution in [0.15, 0.2) is 36.4 Å². The molecule has 1 saturated heterocycles. The molecule has 0 saturated carbocycles. The van der Waals surface area contributed by atoms with Crippen LogP contribution in [0.1, 0.15) is 18.1 Å². The molecular formula is C18H15F3N2O3. The fraction of sp³-hybridized carbons (Fsp3) is 0.222. The summed E-state index contributed by atoms with van der Waals surface area (Å²) in [4.78, 5) is 25.9. The predicted octanol–water partition coefficient (Wildman–Crippen LogP) is 3.08. The fourth-order valence-electron chi connectivity index (χ4n) is 2.83. The normalized spacial score (nSPS) is 19.7. The van der Waals surface area contributed by atoms with Gasteiger partial charge in [-0.3, -0.25) is 9.69 Å². The van der Waals surface area contributed by atoms with Gasteiger partial charge in [0, 0.05) is 0 Å². The molecule has 0 aromatic heterocycles. The summed E-state index contributed by atoms with van der Waals surface area (Å²) in [5.74, 6) is -3.41. The lowest BCUT2D eigenvalue weighted by Gasteiger charge is -2.22. The van der Waals surface area contributed by atoms with E-state index in [9.17, 15) is 22.8 Å². The quantitative estimate of drug-likeness (QED) is 0.849. The van der Waals surface area contributed by atoms with E-state index >= 15 is 0 Å². The molecule has 0 aliphatic carbocycles. The molecule has 0 bridgehead atoms. The Kier molecular flexibility index (Phi) is 4.35. The molecule has 2 aromatic rings. The highest BCUT2D eigenvalue weighted by molar-refractivity contribution is 6.07. The Balaban J connectivity index is 1.88. The van der Waals surface area contributed by atoms with E-state index in [0.717, 1.165) is 23.1 Å². The van der Waals surface area contributed by atoms with Crippen LogP contribution in [0, 0.1) is 17.5 Å². The highest BCUT2D eigenvalue weighted by Gasteiger charge is 2.49. The molecule has 136 valence electrons. The van der Waals surface area contributed by atoms with E-state index in [1.165, 1.54) is 32.2 Å². The van der Waals surface area contributed by atoms with Crippen LogP contribution < -0.4 is 10.1 Å². The van der Waals surface area contributed by atoms with Crippen molar-refractivity contribution in [3.63, 3.8) is 0 Å². The van der Waals surface area contributed by atoms with Gasteiger partial charge in [0.05, 0.1) is 13.7 Å². The third-order valence-electron chi connectivity index (χ3n) is 4.33. The molecular weight excluding hydrogens is 349 g/mol. The number of amides is 3. The second-order valence-electron chi connectivity index (χ2n) is 6.04. The maximum absolute atomic E-state index is 13.8. The smallest absolute Gasteiger partial charge is 0.325 e. The van der Waals surface area contributed by atoms with Crippen molar-refractivity contribution in [2.45, 2.75) is 19.0 Å². The van der Waals surface area contributed by atoms with Crippen LogP contribution in [-0.2, 0) is 16.9 Å². The van der Waals surface area contributed by atoms with Crippen molar-refractivity contribution >= 4 is 11.9 Å². The van der Waals surface area contributed by atoms with Crippen LogP contribution in [0.2, 0.25) is 0 Å². The SMILES string of the molecule is COc1ccc(CN2C(=O)N[C@](C)(c3ccc(F)c(F)c3)C2=O)cc1F. The zero-order chi connectivity index (χ0) is 19.1. The first-order valence-electron chi connectivity index (χ1n) is 7.68. The molecule has 1 aliphatic rings. The lowest BCUT2D eigenvalue weighted by atomic mass is 9.92. The number of halogens is 3. The number of carbonyl (C=O) groups is 2. The first-order chi connectivity index (χ1) is 12.3. The van der Waals surface area contributed by atoms with E-state index in [4.69, 9.17) is 4.74 Å². The lowest BCUT2D eigenvalue weighted by Crippen LogP contribution is -2.41. The Morgan fingerprint density at radius 3 is 2.38 bits per heavy atom. The van der Waals surface area contributed by atoms with Gasteiger partial charge in [-0.1, -0.05) is 12.1 Å². The number of benzene rings is 2. The van der Waals surface area contributed by atoms with Gasteiger partial charge in [-0.05, 0) is 42.3 Å². The van der Waals surface area contributed by atoms with Crippen LogP contribution in [0.4, 0.5) is 18.0 Å². The summed E-state index contributed by atoms with van der Waals surface area (Å²) in [6.45, 7) is 1.22. The zero-order valence-corrected chi connectivity index (χ0v) is 14.0. The summed E-state index contributed by atoms with van der Waals surface area (Å²) < 4.78 is 45.3. The van der Waals surface area contributed by atoms with E-state index in [0.29, 0.717) is 5.56 Å². The Morgan fingerprint density at radius 1 is 1.04 bits per heavy atom. The molecule has 26 heavy (non-hydrogen) atoms. The molecule has 0 spiro atoms. The minimum atomic E-state index is -1.55. The molecule has 1 aliphatic heterocycles. The molecule has 8 heteroatoms.